The van der Waals surface area contributed by atoms with Crippen molar-refractivity contribution >= 4 is 11.9 Å². The van der Waals surface area contributed by atoms with Crippen LogP contribution >= 0.6 is 0 Å². The molecule has 6 heteroatoms. The lowest BCUT2D eigenvalue weighted by molar-refractivity contribution is -0.150. The average Bonchev–Trinajstić information content (AvgIpc) is 2.57. The molecule has 1 fully saturated rings. The molecule has 1 saturated carbocycles. The minimum atomic E-state index is -1.15. The summed E-state index contributed by atoms with van der Waals surface area (Å²) in [5.74, 6) is -0.116. The fraction of sp³-hybridized carbons (Fsp3) is 0.556. The molecule has 2 rings (SSSR count). The van der Waals surface area contributed by atoms with Crippen LogP contribution in [0.1, 0.15) is 32.6 Å². The number of benzene rings is 1. The Morgan fingerprint density at radius 2 is 1.88 bits per heavy atom. The SMILES string of the molecule is CC1CCC(NC(=O)COCCOc2ccccc2)(C(=O)O)CC1. The maximum atomic E-state index is 12.0. The van der Waals surface area contributed by atoms with Gasteiger partial charge in [-0.25, -0.2) is 4.79 Å². The molecule has 24 heavy (non-hydrogen) atoms. The van der Waals surface area contributed by atoms with E-state index >= 15 is 0 Å². The van der Waals surface area contributed by atoms with Crippen LogP contribution in [0.3, 0.4) is 0 Å². The Morgan fingerprint density at radius 1 is 1.21 bits per heavy atom. The second-order valence-corrected chi connectivity index (χ2v) is 6.33. The molecule has 2 N–H and O–H groups in total. The quantitative estimate of drug-likeness (QED) is 0.712. The molecule has 1 aliphatic carbocycles. The number of aliphatic carboxylic acids is 1. The van der Waals surface area contributed by atoms with E-state index in [0.717, 1.165) is 18.6 Å². The summed E-state index contributed by atoms with van der Waals surface area (Å²) in [6.45, 7) is 2.53. The van der Waals surface area contributed by atoms with Crippen molar-refractivity contribution in [1.29, 1.82) is 0 Å². The summed E-state index contributed by atoms with van der Waals surface area (Å²) < 4.78 is 10.7. The third kappa shape index (κ3) is 5.23. The highest BCUT2D eigenvalue weighted by Crippen LogP contribution is 2.32. The van der Waals surface area contributed by atoms with E-state index in [9.17, 15) is 14.7 Å². The highest BCUT2D eigenvalue weighted by Gasteiger charge is 2.42. The molecule has 1 aromatic rings. The fourth-order valence-corrected chi connectivity index (χ4v) is 2.85. The Labute approximate surface area is 142 Å². The van der Waals surface area contributed by atoms with Gasteiger partial charge in [-0.15, -0.1) is 0 Å². The lowest BCUT2D eigenvalue weighted by atomic mass is 9.77. The van der Waals surface area contributed by atoms with E-state index < -0.39 is 17.4 Å². The van der Waals surface area contributed by atoms with Crippen molar-refractivity contribution in [2.75, 3.05) is 19.8 Å². The van der Waals surface area contributed by atoms with E-state index in [4.69, 9.17) is 9.47 Å². The third-order valence-electron chi connectivity index (χ3n) is 4.39. The van der Waals surface area contributed by atoms with Crippen LogP contribution in [0.15, 0.2) is 30.3 Å². The zero-order valence-electron chi connectivity index (χ0n) is 14.0. The largest absolute Gasteiger partial charge is 0.491 e. The van der Waals surface area contributed by atoms with Gasteiger partial charge in [0, 0.05) is 0 Å². The lowest BCUT2D eigenvalue weighted by Crippen LogP contribution is -2.57. The van der Waals surface area contributed by atoms with E-state index in [-0.39, 0.29) is 13.2 Å². The van der Waals surface area contributed by atoms with Gasteiger partial charge in [0.15, 0.2) is 0 Å². The smallest absolute Gasteiger partial charge is 0.329 e. The first-order chi connectivity index (χ1) is 11.5. The zero-order valence-corrected chi connectivity index (χ0v) is 14.0. The molecular formula is C18H25NO5. The summed E-state index contributed by atoms with van der Waals surface area (Å²) in [4.78, 5) is 23.6. The summed E-state index contributed by atoms with van der Waals surface area (Å²) in [7, 11) is 0. The molecular weight excluding hydrogens is 310 g/mol. The number of carboxylic acids is 1. The van der Waals surface area contributed by atoms with Gasteiger partial charge in [0.25, 0.3) is 0 Å². The topological polar surface area (TPSA) is 84.9 Å². The Balaban J connectivity index is 1.69. The van der Waals surface area contributed by atoms with E-state index in [1.807, 2.05) is 30.3 Å². The maximum absolute atomic E-state index is 12.0. The van der Waals surface area contributed by atoms with Crippen LogP contribution in [0.25, 0.3) is 0 Å². The van der Waals surface area contributed by atoms with Gasteiger partial charge in [-0.1, -0.05) is 25.1 Å². The van der Waals surface area contributed by atoms with Crippen LogP contribution in [0.4, 0.5) is 0 Å². The van der Waals surface area contributed by atoms with Gasteiger partial charge in [0.05, 0.1) is 6.61 Å². The van der Waals surface area contributed by atoms with Crippen LogP contribution in [-0.2, 0) is 14.3 Å². The van der Waals surface area contributed by atoms with Crippen molar-refractivity contribution in [3.63, 3.8) is 0 Å². The fourth-order valence-electron chi connectivity index (χ4n) is 2.85. The predicted molar refractivity (Wildman–Crippen MR) is 88.9 cm³/mol. The number of hydrogen-bond acceptors (Lipinski definition) is 4. The zero-order chi connectivity index (χ0) is 17.4. The summed E-state index contributed by atoms with van der Waals surface area (Å²) >= 11 is 0. The molecule has 0 bridgehead atoms. The molecule has 0 heterocycles. The molecule has 6 nitrogen and oxygen atoms in total. The molecule has 1 aromatic carbocycles. The highest BCUT2D eigenvalue weighted by molar-refractivity contribution is 5.87. The minimum Gasteiger partial charge on any atom is -0.491 e. The molecule has 0 radical (unpaired) electrons. The third-order valence-corrected chi connectivity index (χ3v) is 4.39. The molecule has 0 unspecified atom stereocenters. The first-order valence-electron chi connectivity index (χ1n) is 8.32. The summed E-state index contributed by atoms with van der Waals surface area (Å²) in [6.07, 6.45) is 2.54. The summed E-state index contributed by atoms with van der Waals surface area (Å²) in [5, 5.41) is 12.1. The number of hydrogen-bond donors (Lipinski definition) is 2. The second-order valence-electron chi connectivity index (χ2n) is 6.33. The van der Waals surface area contributed by atoms with Gasteiger partial charge in [0.2, 0.25) is 5.91 Å². The van der Waals surface area contributed by atoms with Gasteiger partial charge in [0.1, 0.15) is 24.5 Å². The number of rotatable bonds is 8. The number of ether oxygens (including phenoxy) is 2. The molecule has 132 valence electrons. The molecule has 1 aliphatic rings. The number of amides is 1. The maximum Gasteiger partial charge on any atom is 0.329 e. The average molecular weight is 335 g/mol. The first-order valence-corrected chi connectivity index (χ1v) is 8.32. The standard InChI is InChI=1S/C18H25NO5/c1-14-7-9-18(10-8-14,17(21)22)19-16(20)13-23-11-12-24-15-5-3-2-4-6-15/h2-6,14H,7-13H2,1H3,(H,19,20)(H,21,22). The molecule has 1 amide bonds. The van der Waals surface area contributed by atoms with Gasteiger partial charge < -0.3 is 19.9 Å². The van der Waals surface area contributed by atoms with Crippen LogP contribution in [0.2, 0.25) is 0 Å². The van der Waals surface area contributed by atoms with Crippen LogP contribution in [0.5, 0.6) is 5.75 Å². The monoisotopic (exact) mass is 335 g/mol. The van der Waals surface area contributed by atoms with Crippen molar-refractivity contribution < 1.29 is 24.2 Å². The molecule has 0 aliphatic heterocycles. The Morgan fingerprint density at radius 3 is 2.50 bits per heavy atom. The van der Waals surface area contributed by atoms with Crippen molar-refractivity contribution in [2.45, 2.75) is 38.1 Å². The summed E-state index contributed by atoms with van der Waals surface area (Å²) in [6, 6.07) is 9.33. The van der Waals surface area contributed by atoms with E-state index in [2.05, 4.69) is 12.2 Å². The van der Waals surface area contributed by atoms with E-state index in [1.54, 1.807) is 0 Å². The predicted octanol–water partition coefficient (Wildman–Crippen LogP) is 2.23. The number of carboxylic acid groups (broad SMARTS) is 1. The van der Waals surface area contributed by atoms with Crippen molar-refractivity contribution in [2.24, 2.45) is 5.92 Å². The number of carbonyl (C=O) groups is 2. The van der Waals surface area contributed by atoms with Gasteiger partial charge in [-0.05, 0) is 43.7 Å². The Kier molecular flexibility index (Phi) is 6.61. The highest BCUT2D eigenvalue weighted by atomic mass is 16.5. The number of carbonyl (C=O) groups excluding carboxylic acids is 1. The Bertz CT molecular complexity index is 538. The lowest BCUT2D eigenvalue weighted by Gasteiger charge is -2.36. The van der Waals surface area contributed by atoms with E-state index in [0.29, 0.717) is 25.4 Å². The van der Waals surface area contributed by atoms with E-state index in [1.165, 1.54) is 0 Å². The van der Waals surface area contributed by atoms with Crippen LogP contribution in [-0.4, -0.2) is 42.3 Å². The molecule has 0 saturated heterocycles. The minimum absolute atomic E-state index is 0.164. The number of para-hydroxylation sites is 1. The second kappa shape index (κ2) is 8.68. The van der Waals surface area contributed by atoms with Crippen molar-refractivity contribution in [3.8, 4) is 5.75 Å². The molecule has 0 spiro atoms. The van der Waals surface area contributed by atoms with Crippen LogP contribution < -0.4 is 10.1 Å². The van der Waals surface area contributed by atoms with Crippen LogP contribution in [0, 0.1) is 5.92 Å². The summed E-state index contributed by atoms with van der Waals surface area (Å²) in [5.41, 5.74) is -1.15. The number of nitrogens with one attached hydrogen (secondary N) is 1. The van der Waals surface area contributed by atoms with Gasteiger partial charge >= 0.3 is 5.97 Å². The normalized spacial score (nSPS) is 23.5. The molecule has 0 aromatic heterocycles. The Hall–Kier alpha value is -2.08. The molecule has 0 atom stereocenters. The van der Waals surface area contributed by atoms with Crippen molar-refractivity contribution in [3.05, 3.63) is 30.3 Å². The van der Waals surface area contributed by atoms with Gasteiger partial charge in [-0.3, -0.25) is 4.79 Å². The van der Waals surface area contributed by atoms with Crippen molar-refractivity contribution in [1.82, 2.24) is 5.32 Å². The first kappa shape index (κ1) is 18.3. The van der Waals surface area contributed by atoms with Gasteiger partial charge in [-0.2, -0.15) is 0 Å².